The molecule has 0 aliphatic carbocycles. The SMILES string of the molecule is CCNC(=NCC(c1cccs1)N1CCCC1)NCCc1ccncc1C.I. The van der Waals surface area contributed by atoms with Crippen LogP contribution in [0.2, 0.25) is 0 Å². The van der Waals surface area contributed by atoms with E-state index in [1.165, 1.54) is 41.9 Å². The standard InChI is InChI=1S/C21H31N5S.HI/c1-3-23-21(24-11-9-18-8-10-22-15-17(18)2)25-16-19(20-7-6-14-27-20)26-12-4-5-13-26;/h6-8,10,14-15,19H,3-5,9,11-13,16H2,1-2H3,(H2,23,24,25);1H. The van der Waals surface area contributed by atoms with Gasteiger partial charge in [0.1, 0.15) is 0 Å². The first-order chi connectivity index (χ1) is 13.3. The third-order valence-electron chi connectivity index (χ3n) is 5.04. The van der Waals surface area contributed by atoms with Crippen LogP contribution in [0.1, 0.15) is 41.8 Å². The van der Waals surface area contributed by atoms with Gasteiger partial charge in [-0.1, -0.05) is 6.07 Å². The van der Waals surface area contributed by atoms with Crippen molar-refractivity contribution in [1.29, 1.82) is 0 Å². The fraction of sp³-hybridized carbons (Fsp3) is 0.524. The van der Waals surface area contributed by atoms with Gasteiger partial charge in [-0.2, -0.15) is 0 Å². The van der Waals surface area contributed by atoms with Crippen molar-refractivity contribution in [2.75, 3.05) is 32.7 Å². The van der Waals surface area contributed by atoms with Gasteiger partial charge < -0.3 is 10.6 Å². The molecule has 3 rings (SSSR count). The van der Waals surface area contributed by atoms with E-state index in [-0.39, 0.29) is 24.0 Å². The Balaban J connectivity index is 0.00000280. The molecule has 0 aromatic carbocycles. The van der Waals surface area contributed by atoms with E-state index in [9.17, 15) is 0 Å². The lowest BCUT2D eigenvalue weighted by atomic mass is 10.1. The number of nitrogens with one attached hydrogen (secondary N) is 2. The van der Waals surface area contributed by atoms with Crippen LogP contribution in [0.15, 0.2) is 41.0 Å². The van der Waals surface area contributed by atoms with Crippen molar-refractivity contribution in [3.63, 3.8) is 0 Å². The van der Waals surface area contributed by atoms with E-state index >= 15 is 0 Å². The summed E-state index contributed by atoms with van der Waals surface area (Å²) in [7, 11) is 0. The number of aryl methyl sites for hydroxylation is 1. The number of thiophene rings is 1. The second-order valence-corrected chi connectivity index (χ2v) is 7.95. The zero-order valence-corrected chi connectivity index (χ0v) is 20.0. The van der Waals surface area contributed by atoms with Crippen molar-refractivity contribution < 1.29 is 0 Å². The number of aliphatic imine (C=N–C) groups is 1. The maximum Gasteiger partial charge on any atom is 0.191 e. The maximum absolute atomic E-state index is 4.92. The molecule has 1 aliphatic rings. The smallest absolute Gasteiger partial charge is 0.191 e. The fourth-order valence-electron chi connectivity index (χ4n) is 3.54. The molecule has 0 radical (unpaired) electrons. The minimum atomic E-state index is 0. The summed E-state index contributed by atoms with van der Waals surface area (Å²) in [4.78, 5) is 13.1. The monoisotopic (exact) mass is 513 g/mol. The molecule has 1 fully saturated rings. The Morgan fingerprint density at radius 3 is 2.79 bits per heavy atom. The third kappa shape index (κ3) is 6.70. The molecule has 5 nitrogen and oxygen atoms in total. The normalized spacial score (nSPS) is 15.9. The molecule has 1 unspecified atom stereocenters. The average Bonchev–Trinajstić information content (AvgIpc) is 3.38. The molecule has 2 aromatic heterocycles. The molecule has 0 amide bonds. The summed E-state index contributed by atoms with van der Waals surface area (Å²) >= 11 is 1.84. The van der Waals surface area contributed by atoms with Crippen molar-refractivity contribution in [3.05, 3.63) is 52.0 Å². The molecule has 2 aromatic rings. The quantitative estimate of drug-likeness (QED) is 0.318. The van der Waals surface area contributed by atoms with Gasteiger partial charge in [0.25, 0.3) is 0 Å². The van der Waals surface area contributed by atoms with Crippen molar-refractivity contribution in [3.8, 4) is 0 Å². The van der Waals surface area contributed by atoms with Crippen LogP contribution in [0.5, 0.6) is 0 Å². The van der Waals surface area contributed by atoms with Crippen molar-refractivity contribution in [2.45, 2.75) is 39.2 Å². The highest BCUT2D eigenvalue weighted by Crippen LogP contribution is 2.28. The summed E-state index contributed by atoms with van der Waals surface area (Å²) in [5.41, 5.74) is 2.58. The number of hydrogen-bond acceptors (Lipinski definition) is 4. The second kappa shape index (κ2) is 12.4. The molecule has 2 N–H and O–H groups in total. The van der Waals surface area contributed by atoms with Crippen LogP contribution < -0.4 is 10.6 Å². The summed E-state index contributed by atoms with van der Waals surface area (Å²) < 4.78 is 0. The zero-order valence-electron chi connectivity index (χ0n) is 16.9. The van der Waals surface area contributed by atoms with E-state index in [1.807, 2.05) is 23.7 Å². The minimum absolute atomic E-state index is 0. The zero-order chi connectivity index (χ0) is 18.9. The van der Waals surface area contributed by atoms with Gasteiger partial charge >= 0.3 is 0 Å². The molecule has 0 bridgehead atoms. The van der Waals surface area contributed by atoms with Gasteiger partial charge in [0.2, 0.25) is 0 Å². The van der Waals surface area contributed by atoms with E-state index in [2.05, 4.69) is 57.9 Å². The average molecular weight is 513 g/mol. The molecule has 154 valence electrons. The van der Waals surface area contributed by atoms with E-state index < -0.39 is 0 Å². The number of halogens is 1. The van der Waals surface area contributed by atoms with Crippen LogP contribution in [0.4, 0.5) is 0 Å². The van der Waals surface area contributed by atoms with Crippen molar-refractivity contribution in [1.82, 2.24) is 20.5 Å². The highest BCUT2D eigenvalue weighted by atomic mass is 127. The third-order valence-corrected chi connectivity index (χ3v) is 6.02. The Bertz CT molecular complexity index is 713. The number of pyridine rings is 1. The predicted octanol–water partition coefficient (Wildman–Crippen LogP) is 4.00. The molecule has 0 spiro atoms. The van der Waals surface area contributed by atoms with Crippen LogP contribution in [-0.4, -0.2) is 48.6 Å². The Kier molecular flexibility index (Phi) is 10.2. The lowest BCUT2D eigenvalue weighted by molar-refractivity contribution is 0.255. The first-order valence-electron chi connectivity index (χ1n) is 9.97. The summed E-state index contributed by atoms with van der Waals surface area (Å²) in [6, 6.07) is 6.88. The van der Waals surface area contributed by atoms with Gasteiger partial charge in [-0.25, -0.2) is 0 Å². The fourth-order valence-corrected chi connectivity index (χ4v) is 4.39. The molecule has 0 saturated carbocycles. The number of nitrogens with zero attached hydrogens (tertiary/aromatic N) is 3. The maximum atomic E-state index is 4.92. The summed E-state index contributed by atoms with van der Waals surface area (Å²) in [6.07, 6.45) is 7.36. The minimum Gasteiger partial charge on any atom is -0.357 e. The molecular weight excluding hydrogens is 481 g/mol. The Labute approximate surface area is 190 Å². The van der Waals surface area contributed by atoms with Gasteiger partial charge in [0.05, 0.1) is 12.6 Å². The van der Waals surface area contributed by atoms with Crippen LogP contribution in [0.3, 0.4) is 0 Å². The lowest BCUT2D eigenvalue weighted by Crippen LogP contribution is -2.39. The number of likely N-dealkylation sites (tertiary alicyclic amines) is 1. The highest BCUT2D eigenvalue weighted by Gasteiger charge is 2.24. The van der Waals surface area contributed by atoms with Crippen LogP contribution in [0, 0.1) is 6.92 Å². The number of rotatable bonds is 8. The van der Waals surface area contributed by atoms with E-state index in [4.69, 9.17) is 4.99 Å². The van der Waals surface area contributed by atoms with E-state index in [0.717, 1.165) is 32.0 Å². The summed E-state index contributed by atoms with van der Waals surface area (Å²) in [5.74, 6) is 0.907. The summed E-state index contributed by atoms with van der Waals surface area (Å²) in [5, 5.41) is 9.05. The molecule has 1 saturated heterocycles. The molecular formula is C21H32IN5S. The molecule has 7 heteroatoms. The highest BCUT2D eigenvalue weighted by molar-refractivity contribution is 14.0. The predicted molar refractivity (Wildman–Crippen MR) is 130 cm³/mol. The first-order valence-corrected chi connectivity index (χ1v) is 10.8. The van der Waals surface area contributed by atoms with E-state index in [0.29, 0.717) is 6.04 Å². The first kappa shape index (κ1) is 23.1. The van der Waals surface area contributed by atoms with Gasteiger partial charge in [-0.05, 0) is 74.8 Å². The van der Waals surface area contributed by atoms with Gasteiger partial charge in [0, 0.05) is 30.4 Å². The number of guanidine groups is 1. The molecule has 3 heterocycles. The molecule has 1 aliphatic heterocycles. The van der Waals surface area contributed by atoms with Crippen molar-refractivity contribution in [2.24, 2.45) is 4.99 Å². The largest absolute Gasteiger partial charge is 0.357 e. The molecule has 1 atom stereocenters. The Hall–Kier alpha value is -1.19. The van der Waals surface area contributed by atoms with Gasteiger partial charge in [-0.15, -0.1) is 35.3 Å². The van der Waals surface area contributed by atoms with Crippen LogP contribution in [0.25, 0.3) is 0 Å². The number of aromatic nitrogens is 1. The lowest BCUT2D eigenvalue weighted by Gasteiger charge is -2.25. The Morgan fingerprint density at radius 2 is 2.11 bits per heavy atom. The topological polar surface area (TPSA) is 52.6 Å². The van der Waals surface area contributed by atoms with Crippen LogP contribution >= 0.6 is 35.3 Å². The second-order valence-electron chi connectivity index (χ2n) is 6.97. The summed E-state index contributed by atoms with van der Waals surface area (Å²) in [6.45, 7) is 9.12. The van der Waals surface area contributed by atoms with Crippen molar-refractivity contribution >= 4 is 41.3 Å². The van der Waals surface area contributed by atoms with Crippen LogP contribution in [-0.2, 0) is 6.42 Å². The van der Waals surface area contributed by atoms with Gasteiger partial charge in [0.15, 0.2) is 5.96 Å². The Morgan fingerprint density at radius 1 is 1.29 bits per heavy atom. The molecule has 28 heavy (non-hydrogen) atoms. The van der Waals surface area contributed by atoms with E-state index in [1.54, 1.807) is 0 Å². The number of hydrogen-bond donors (Lipinski definition) is 2. The van der Waals surface area contributed by atoms with Gasteiger partial charge in [-0.3, -0.25) is 14.9 Å².